The molecule has 2 rings (SSSR count). The lowest BCUT2D eigenvalue weighted by Crippen LogP contribution is -2.50. The summed E-state index contributed by atoms with van der Waals surface area (Å²) in [6, 6.07) is 3.13. The van der Waals surface area contributed by atoms with Gasteiger partial charge in [-0.15, -0.1) is 0 Å². The zero-order chi connectivity index (χ0) is 18.3. The molecule has 0 bridgehead atoms. The Labute approximate surface area is 154 Å². The lowest BCUT2D eigenvalue weighted by atomic mass is 10.1. The molecule has 0 radical (unpaired) electrons. The fourth-order valence-corrected chi connectivity index (χ4v) is 4.85. The summed E-state index contributed by atoms with van der Waals surface area (Å²) in [6.07, 6.45) is 2.89. The van der Waals surface area contributed by atoms with Gasteiger partial charge in [-0.05, 0) is 18.1 Å². The summed E-state index contributed by atoms with van der Waals surface area (Å²) in [5.74, 6) is 2.53. The summed E-state index contributed by atoms with van der Waals surface area (Å²) in [7, 11) is -1.76. The molecular weight excluding hydrogens is 358 g/mol. The minimum absolute atomic E-state index is 0.173. The van der Waals surface area contributed by atoms with E-state index < -0.39 is 10.0 Å². The number of thioether (sulfide) groups is 1. The summed E-state index contributed by atoms with van der Waals surface area (Å²) >= 11 is 2.01. The highest BCUT2D eigenvalue weighted by molar-refractivity contribution is 8.00. The molecule has 140 valence electrons. The first kappa shape index (κ1) is 20.0. The minimum Gasteiger partial charge on any atom is -0.355 e. The van der Waals surface area contributed by atoms with Crippen molar-refractivity contribution >= 4 is 27.7 Å². The van der Waals surface area contributed by atoms with Crippen LogP contribution in [0.3, 0.4) is 0 Å². The van der Waals surface area contributed by atoms with Gasteiger partial charge in [-0.25, -0.2) is 13.1 Å². The number of aliphatic imine (C=N–C) groups is 1. The van der Waals surface area contributed by atoms with E-state index in [0.717, 1.165) is 24.8 Å². The van der Waals surface area contributed by atoms with Gasteiger partial charge in [-0.1, -0.05) is 13.8 Å². The van der Waals surface area contributed by atoms with Gasteiger partial charge in [0.1, 0.15) is 4.90 Å². The van der Waals surface area contributed by atoms with Crippen LogP contribution in [0.25, 0.3) is 0 Å². The smallest absolute Gasteiger partial charge is 0.242 e. The predicted molar refractivity (Wildman–Crippen MR) is 103 cm³/mol. The molecule has 25 heavy (non-hydrogen) atoms. The number of hydrogen-bond donors (Lipinski definition) is 2. The fourth-order valence-electron chi connectivity index (χ4n) is 2.55. The fraction of sp³-hybridized carbons (Fsp3) is 0.625. The van der Waals surface area contributed by atoms with Gasteiger partial charge >= 0.3 is 0 Å². The molecule has 1 aromatic rings. The third kappa shape index (κ3) is 5.86. The molecule has 0 amide bonds. The summed E-state index contributed by atoms with van der Waals surface area (Å²) in [6.45, 7) is 7.15. The highest BCUT2D eigenvalue weighted by Gasteiger charge is 2.24. The molecular formula is C16H27N5O2S2. The van der Waals surface area contributed by atoms with Crippen molar-refractivity contribution < 1.29 is 8.42 Å². The molecule has 1 aliphatic heterocycles. The number of pyridine rings is 1. The van der Waals surface area contributed by atoms with Crippen molar-refractivity contribution in [3.05, 3.63) is 24.5 Å². The number of sulfonamides is 1. The van der Waals surface area contributed by atoms with Crippen molar-refractivity contribution in [2.24, 2.45) is 10.9 Å². The van der Waals surface area contributed by atoms with E-state index in [1.807, 2.05) is 11.8 Å². The van der Waals surface area contributed by atoms with E-state index in [9.17, 15) is 8.42 Å². The molecule has 0 aliphatic carbocycles. The molecule has 1 saturated heterocycles. The molecule has 1 aliphatic rings. The molecule has 7 nitrogen and oxygen atoms in total. The van der Waals surface area contributed by atoms with Crippen LogP contribution >= 0.6 is 11.8 Å². The van der Waals surface area contributed by atoms with E-state index in [1.165, 1.54) is 12.3 Å². The van der Waals surface area contributed by atoms with Crippen LogP contribution in [0.2, 0.25) is 0 Å². The van der Waals surface area contributed by atoms with Crippen LogP contribution in [-0.4, -0.2) is 68.5 Å². The van der Waals surface area contributed by atoms with Gasteiger partial charge in [-0.3, -0.25) is 9.98 Å². The highest BCUT2D eigenvalue weighted by atomic mass is 32.2. The van der Waals surface area contributed by atoms with Crippen LogP contribution in [0.15, 0.2) is 34.4 Å². The number of rotatable bonds is 6. The Morgan fingerprint density at radius 3 is 2.92 bits per heavy atom. The quantitative estimate of drug-likeness (QED) is 0.432. The monoisotopic (exact) mass is 385 g/mol. The van der Waals surface area contributed by atoms with E-state index in [-0.39, 0.29) is 11.4 Å². The average Bonchev–Trinajstić information content (AvgIpc) is 2.62. The minimum atomic E-state index is -3.52. The number of nitrogens with one attached hydrogen (secondary N) is 2. The molecule has 1 atom stereocenters. The highest BCUT2D eigenvalue weighted by Crippen LogP contribution is 2.24. The van der Waals surface area contributed by atoms with Crippen molar-refractivity contribution in [1.82, 2.24) is 19.9 Å². The second-order valence-electron chi connectivity index (χ2n) is 6.16. The molecule has 1 unspecified atom stereocenters. The summed E-state index contributed by atoms with van der Waals surface area (Å²) < 4.78 is 26.9. The largest absolute Gasteiger partial charge is 0.355 e. The van der Waals surface area contributed by atoms with Crippen molar-refractivity contribution in [2.45, 2.75) is 24.0 Å². The van der Waals surface area contributed by atoms with Gasteiger partial charge in [0.15, 0.2) is 5.96 Å². The Morgan fingerprint density at radius 2 is 2.28 bits per heavy atom. The van der Waals surface area contributed by atoms with Crippen LogP contribution in [0.1, 0.15) is 13.8 Å². The van der Waals surface area contributed by atoms with Crippen LogP contribution in [0, 0.1) is 5.92 Å². The molecule has 9 heteroatoms. The van der Waals surface area contributed by atoms with Gasteiger partial charge < -0.3 is 10.2 Å². The van der Waals surface area contributed by atoms with E-state index in [4.69, 9.17) is 0 Å². The van der Waals surface area contributed by atoms with Crippen LogP contribution in [-0.2, 0) is 10.0 Å². The van der Waals surface area contributed by atoms with Crippen LogP contribution < -0.4 is 10.0 Å². The van der Waals surface area contributed by atoms with Crippen molar-refractivity contribution in [1.29, 1.82) is 0 Å². The summed E-state index contributed by atoms with van der Waals surface area (Å²) in [4.78, 5) is 10.6. The third-order valence-corrected chi connectivity index (χ3v) is 6.98. The van der Waals surface area contributed by atoms with Gasteiger partial charge in [-0.2, -0.15) is 11.8 Å². The maximum Gasteiger partial charge on any atom is 0.242 e. The topological polar surface area (TPSA) is 86.7 Å². The molecule has 1 fully saturated rings. The van der Waals surface area contributed by atoms with Gasteiger partial charge in [0, 0.05) is 56.6 Å². The molecule has 0 spiro atoms. The van der Waals surface area contributed by atoms with E-state index in [2.05, 4.69) is 38.8 Å². The zero-order valence-corrected chi connectivity index (χ0v) is 16.6. The standard InChI is InChI=1S/C16H27N5O2S2/c1-13(2)15-12-21(9-10-24-15)16(17-3)19-7-8-20-25(22,23)14-5-4-6-18-11-14/h4-6,11,13,15,20H,7-10,12H2,1-3H3,(H,17,19). The van der Waals surface area contributed by atoms with E-state index in [1.54, 1.807) is 19.3 Å². The molecule has 0 aromatic carbocycles. The predicted octanol–water partition coefficient (Wildman–Crippen LogP) is 1.01. The Morgan fingerprint density at radius 1 is 1.48 bits per heavy atom. The van der Waals surface area contributed by atoms with Gasteiger partial charge in [0.25, 0.3) is 0 Å². The molecule has 2 heterocycles. The lowest BCUT2D eigenvalue weighted by molar-refractivity contribution is 0.381. The molecule has 2 N–H and O–H groups in total. The van der Waals surface area contributed by atoms with Gasteiger partial charge in [0.05, 0.1) is 0 Å². The second-order valence-corrected chi connectivity index (χ2v) is 9.27. The zero-order valence-electron chi connectivity index (χ0n) is 15.0. The first-order valence-corrected chi connectivity index (χ1v) is 10.9. The third-order valence-electron chi connectivity index (χ3n) is 3.99. The first-order chi connectivity index (χ1) is 11.9. The Hall–Kier alpha value is -1.32. The molecule has 1 aromatic heterocycles. The molecule has 0 saturated carbocycles. The lowest BCUT2D eigenvalue weighted by Gasteiger charge is -2.36. The number of nitrogens with zero attached hydrogens (tertiary/aromatic N) is 3. The SMILES string of the molecule is CN=C(NCCNS(=O)(=O)c1cccnc1)N1CCSC(C(C)C)C1. The number of guanidine groups is 1. The number of hydrogen-bond acceptors (Lipinski definition) is 5. The summed E-state index contributed by atoms with van der Waals surface area (Å²) in [5.41, 5.74) is 0. The first-order valence-electron chi connectivity index (χ1n) is 8.41. The maximum atomic E-state index is 12.1. The summed E-state index contributed by atoms with van der Waals surface area (Å²) in [5, 5.41) is 3.84. The van der Waals surface area contributed by atoms with Crippen molar-refractivity contribution in [3.8, 4) is 0 Å². The normalized spacial score (nSPS) is 19.3. The maximum absolute atomic E-state index is 12.1. The second kappa shape index (κ2) is 9.40. The van der Waals surface area contributed by atoms with E-state index >= 15 is 0 Å². The average molecular weight is 386 g/mol. The van der Waals surface area contributed by atoms with Crippen LogP contribution in [0.4, 0.5) is 0 Å². The Bertz CT molecular complexity index is 664. The van der Waals surface area contributed by atoms with E-state index in [0.29, 0.717) is 17.7 Å². The van der Waals surface area contributed by atoms with Crippen LogP contribution in [0.5, 0.6) is 0 Å². The Kier molecular flexibility index (Phi) is 7.52. The Balaban J connectivity index is 1.82. The number of aromatic nitrogens is 1. The van der Waals surface area contributed by atoms with Crippen molar-refractivity contribution in [3.63, 3.8) is 0 Å². The van der Waals surface area contributed by atoms with Crippen molar-refractivity contribution in [2.75, 3.05) is 39.0 Å². The van der Waals surface area contributed by atoms with Gasteiger partial charge in [0.2, 0.25) is 10.0 Å².